The Hall–Kier alpha value is -2.08. The minimum atomic E-state index is 0.428. The fraction of sp³-hybridized carbons (Fsp3) is 0.250. The van der Waals surface area contributed by atoms with Gasteiger partial charge >= 0.3 is 0 Å². The third kappa shape index (κ3) is 3.23. The molecule has 0 saturated carbocycles. The Balaban J connectivity index is 1.75. The minimum absolute atomic E-state index is 0.428. The van der Waals surface area contributed by atoms with E-state index in [4.69, 9.17) is 9.26 Å². The maximum absolute atomic E-state index is 5.82. The third-order valence-electron chi connectivity index (χ3n) is 4.20. The zero-order valence-corrected chi connectivity index (χ0v) is 15.2. The number of benzene rings is 2. The van der Waals surface area contributed by atoms with Gasteiger partial charge in [-0.2, -0.15) is 0 Å². The zero-order valence-electron chi connectivity index (χ0n) is 14.4. The first kappa shape index (κ1) is 16.4. The number of ether oxygens (including phenoxy) is 1. The maximum Gasteiger partial charge on any atom is 0.170 e. The van der Waals surface area contributed by atoms with E-state index in [0.717, 1.165) is 34.7 Å². The Kier molecular flexibility index (Phi) is 4.61. The van der Waals surface area contributed by atoms with Gasteiger partial charge in [0.25, 0.3) is 0 Å². The highest BCUT2D eigenvalue weighted by atomic mass is 32.2. The predicted octanol–water partition coefficient (Wildman–Crippen LogP) is 4.55. The first-order valence-electron chi connectivity index (χ1n) is 8.31. The minimum Gasteiger partial charge on any atom is -0.372 e. The summed E-state index contributed by atoms with van der Waals surface area (Å²) in [6, 6.07) is 16.7. The van der Waals surface area contributed by atoms with Gasteiger partial charge in [-0.15, -0.1) is 0 Å². The number of nitrogens with zero attached hydrogens (tertiary/aromatic N) is 2. The molecule has 3 aromatic rings. The quantitative estimate of drug-likeness (QED) is 0.493. The number of hydrogen-bond acceptors (Lipinski definition) is 5. The van der Waals surface area contributed by atoms with Crippen LogP contribution >= 0.6 is 11.8 Å². The van der Waals surface area contributed by atoms with Crippen LogP contribution in [0.3, 0.4) is 0 Å². The molecule has 0 bridgehead atoms. The summed E-state index contributed by atoms with van der Waals surface area (Å²) in [5.41, 5.74) is 4.23. The summed E-state index contributed by atoms with van der Waals surface area (Å²) in [6.07, 6.45) is 0. The second kappa shape index (κ2) is 7.04. The smallest absolute Gasteiger partial charge is 0.170 e. The molecule has 25 heavy (non-hydrogen) atoms. The molecule has 1 aliphatic rings. The molecule has 2 aromatic carbocycles. The van der Waals surface area contributed by atoms with Crippen LogP contribution in [-0.2, 0) is 11.3 Å². The average Bonchev–Trinajstić information content (AvgIpc) is 2.97. The molecule has 0 N–H and O–H groups in total. The lowest BCUT2D eigenvalue weighted by molar-refractivity contribution is 0.0889. The van der Waals surface area contributed by atoms with Crippen molar-refractivity contribution in [1.82, 2.24) is 10.1 Å². The lowest BCUT2D eigenvalue weighted by atomic mass is 9.99. The lowest BCUT2D eigenvalue weighted by Gasteiger charge is -2.10. The summed E-state index contributed by atoms with van der Waals surface area (Å²) in [6.45, 7) is 1.97. The van der Waals surface area contributed by atoms with E-state index in [9.17, 15) is 0 Å². The highest BCUT2D eigenvalue weighted by Gasteiger charge is 2.26. The topological polar surface area (TPSA) is 38.5 Å². The molecule has 0 radical (unpaired) electrons. The molecule has 2 heterocycles. The van der Waals surface area contributed by atoms with Crippen molar-refractivity contribution < 1.29 is 9.26 Å². The summed E-state index contributed by atoms with van der Waals surface area (Å²) in [4.78, 5) is 4.51. The van der Waals surface area contributed by atoms with Crippen LogP contribution in [0.2, 0.25) is 0 Å². The fourth-order valence-corrected chi connectivity index (χ4v) is 4.01. The van der Waals surface area contributed by atoms with E-state index in [1.807, 2.05) is 20.2 Å². The standard InChI is InChI=1S/C20H20N2O2S/c1-22(2)11-12-23-13-16-19-14-7-3-5-9-17(14)25-18-10-6-4-8-15(18)20(19)21-24-16/h3-10H,11-13H2,1-2H3. The number of likely N-dealkylation sites (N-methyl/N-ethyl adjacent to an activating group) is 1. The van der Waals surface area contributed by atoms with Gasteiger partial charge in [-0.05, 0) is 26.2 Å². The van der Waals surface area contributed by atoms with Gasteiger partial charge in [-0.1, -0.05) is 53.3 Å². The van der Waals surface area contributed by atoms with Crippen LogP contribution in [0.25, 0.3) is 22.4 Å². The molecule has 0 atom stereocenters. The van der Waals surface area contributed by atoms with E-state index in [1.54, 1.807) is 11.8 Å². The van der Waals surface area contributed by atoms with E-state index in [1.165, 1.54) is 9.79 Å². The Morgan fingerprint density at radius 2 is 1.68 bits per heavy atom. The molecule has 1 aliphatic heterocycles. The van der Waals surface area contributed by atoms with Crippen LogP contribution in [0, 0.1) is 0 Å². The molecular weight excluding hydrogens is 332 g/mol. The van der Waals surface area contributed by atoms with Crippen LogP contribution in [0.4, 0.5) is 0 Å². The molecule has 0 unspecified atom stereocenters. The molecule has 0 amide bonds. The van der Waals surface area contributed by atoms with Crippen LogP contribution in [0.15, 0.2) is 62.8 Å². The second-order valence-electron chi connectivity index (χ2n) is 6.28. The zero-order chi connectivity index (χ0) is 17.2. The first-order valence-corrected chi connectivity index (χ1v) is 9.13. The van der Waals surface area contributed by atoms with Crippen molar-refractivity contribution in [1.29, 1.82) is 0 Å². The van der Waals surface area contributed by atoms with Gasteiger partial charge in [0.1, 0.15) is 12.3 Å². The van der Waals surface area contributed by atoms with Crippen molar-refractivity contribution >= 4 is 11.8 Å². The SMILES string of the molecule is CN(C)CCOCc1onc2c1-c1ccccc1Sc1ccccc1-2. The number of fused-ring (bicyclic) bond motifs is 5. The van der Waals surface area contributed by atoms with Gasteiger partial charge in [0, 0.05) is 27.5 Å². The summed E-state index contributed by atoms with van der Waals surface area (Å²) < 4.78 is 11.5. The molecular formula is C20H20N2O2S. The molecule has 0 saturated heterocycles. The van der Waals surface area contributed by atoms with Crippen molar-refractivity contribution in [3.8, 4) is 22.4 Å². The van der Waals surface area contributed by atoms with Crippen molar-refractivity contribution in [2.24, 2.45) is 0 Å². The van der Waals surface area contributed by atoms with Gasteiger partial charge < -0.3 is 14.2 Å². The Morgan fingerprint density at radius 3 is 2.44 bits per heavy atom. The van der Waals surface area contributed by atoms with Gasteiger partial charge in [0.05, 0.1) is 12.2 Å². The fourth-order valence-electron chi connectivity index (χ4n) is 2.93. The molecule has 4 rings (SSSR count). The normalized spacial score (nSPS) is 12.4. The number of rotatable bonds is 5. The summed E-state index contributed by atoms with van der Waals surface area (Å²) in [7, 11) is 4.07. The van der Waals surface area contributed by atoms with Gasteiger partial charge in [-0.25, -0.2) is 0 Å². The molecule has 1 aromatic heterocycles. The number of hydrogen-bond donors (Lipinski definition) is 0. The number of aromatic nitrogens is 1. The van der Waals surface area contributed by atoms with E-state index >= 15 is 0 Å². The Bertz CT molecular complexity index is 889. The van der Waals surface area contributed by atoms with E-state index in [-0.39, 0.29) is 0 Å². The summed E-state index contributed by atoms with van der Waals surface area (Å²) >= 11 is 1.78. The van der Waals surface area contributed by atoms with E-state index < -0.39 is 0 Å². The highest BCUT2D eigenvalue weighted by Crippen LogP contribution is 2.48. The maximum atomic E-state index is 5.82. The average molecular weight is 352 g/mol. The van der Waals surface area contributed by atoms with Crippen LogP contribution in [0.5, 0.6) is 0 Å². The van der Waals surface area contributed by atoms with Gasteiger partial charge in [0.2, 0.25) is 0 Å². The van der Waals surface area contributed by atoms with Crippen molar-refractivity contribution in [3.05, 3.63) is 54.3 Å². The highest BCUT2D eigenvalue weighted by molar-refractivity contribution is 7.99. The van der Waals surface area contributed by atoms with E-state index in [2.05, 4.69) is 52.5 Å². The lowest BCUT2D eigenvalue weighted by Crippen LogP contribution is -2.17. The summed E-state index contributed by atoms with van der Waals surface area (Å²) in [5, 5.41) is 4.39. The molecule has 5 heteroatoms. The van der Waals surface area contributed by atoms with Gasteiger partial charge in [0.15, 0.2) is 5.76 Å². The largest absolute Gasteiger partial charge is 0.372 e. The van der Waals surface area contributed by atoms with Crippen LogP contribution in [0.1, 0.15) is 5.76 Å². The molecule has 4 nitrogen and oxygen atoms in total. The van der Waals surface area contributed by atoms with Crippen molar-refractivity contribution in [2.45, 2.75) is 16.4 Å². The predicted molar refractivity (Wildman–Crippen MR) is 99.7 cm³/mol. The molecule has 0 spiro atoms. The Morgan fingerprint density at radius 1 is 1.00 bits per heavy atom. The van der Waals surface area contributed by atoms with Crippen molar-refractivity contribution in [2.75, 3.05) is 27.2 Å². The van der Waals surface area contributed by atoms with Crippen molar-refractivity contribution in [3.63, 3.8) is 0 Å². The summed E-state index contributed by atoms with van der Waals surface area (Å²) in [5.74, 6) is 0.790. The molecule has 0 aliphatic carbocycles. The molecule has 0 fully saturated rings. The first-order chi connectivity index (χ1) is 12.2. The monoisotopic (exact) mass is 352 g/mol. The second-order valence-corrected chi connectivity index (χ2v) is 7.36. The van der Waals surface area contributed by atoms with Gasteiger partial charge in [-0.3, -0.25) is 0 Å². The molecule has 128 valence electrons. The van der Waals surface area contributed by atoms with Crippen LogP contribution < -0.4 is 0 Å². The van der Waals surface area contributed by atoms with Crippen LogP contribution in [-0.4, -0.2) is 37.3 Å². The third-order valence-corrected chi connectivity index (χ3v) is 5.35. The van der Waals surface area contributed by atoms with E-state index in [0.29, 0.717) is 13.2 Å². The Labute approximate surface area is 151 Å².